The lowest BCUT2D eigenvalue weighted by Gasteiger charge is -1.98. The molecule has 0 saturated carbocycles. The number of carbonyl (C=O) groups is 2. The zero-order chi connectivity index (χ0) is 13.3. The van der Waals surface area contributed by atoms with E-state index in [-0.39, 0.29) is 5.97 Å². The Morgan fingerprint density at radius 2 is 1.82 bits per heavy atom. The van der Waals surface area contributed by atoms with Crippen molar-refractivity contribution in [3.63, 3.8) is 0 Å². The van der Waals surface area contributed by atoms with Gasteiger partial charge in [0, 0.05) is 6.92 Å². The minimum Gasteiger partial charge on any atom is -0.481 e. The standard InChI is InChI=1S/C9H10N2O2.C2H4O2/c1-13-9(12)8-4-2-7(3-5-8)6-11-10;1-2(3)4/h2-6H,10H2,1H3;1H3,(H,3,4)/b11-6+;. The Bertz CT molecular complexity index is 394. The van der Waals surface area contributed by atoms with Crippen molar-refractivity contribution >= 4 is 18.2 Å². The van der Waals surface area contributed by atoms with Crippen molar-refractivity contribution in [3.05, 3.63) is 35.4 Å². The molecular formula is C11H14N2O4. The van der Waals surface area contributed by atoms with E-state index >= 15 is 0 Å². The Kier molecular flexibility index (Phi) is 6.77. The second-order valence-electron chi connectivity index (χ2n) is 2.91. The van der Waals surface area contributed by atoms with Gasteiger partial charge in [-0.25, -0.2) is 4.79 Å². The van der Waals surface area contributed by atoms with Crippen LogP contribution in [0.2, 0.25) is 0 Å². The average Bonchev–Trinajstić information content (AvgIpc) is 2.29. The minimum atomic E-state index is -0.833. The lowest BCUT2D eigenvalue weighted by molar-refractivity contribution is -0.134. The molecule has 6 heteroatoms. The van der Waals surface area contributed by atoms with E-state index in [2.05, 4.69) is 9.84 Å². The lowest BCUT2D eigenvalue weighted by atomic mass is 10.1. The number of rotatable bonds is 2. The Morgan fingerprint density at radius 3 is 2.18 bits per heavy atom. The zero-order valence-electron chi connectivity index (χ0n) is 9.58. The third-order valence-corrected chi connectivity index (χ3v) is 1.56. The van der Waals surface area contributed by atoms with Crippen molar-refractivity contribution < 1.29 is 19.4 Å². The number of hydrogen-bond acceptors (Lipinski definition) is 5. The molecule has 0 radical (unpaired) electrons. The van der Waals surface area contributed by atoms with Crippen LogP contribution in [0.15, 0.2) is 29.4 Å². The molecule has 0 bridgehead atoms. The molecule has 0 aromatic heterocycles. The maximum absolute atomic E-state index is 11.0. The third kappa shape index (κ3) is 6.67. The van der Waals surface area contributed by atoms with Crippen LogP contribution in [0, 0.1) is 0 Å². The number of benzene rings is 1. The lowest BCUT2D eigenvalue weighted by Crippen LogP contribution is -2.00. The molecule has 0 fully saturated rings. The van der Waals surface area contributed by atoms with Gasteiger partial charge in [-0.05, 0) is 17.7 Å². The van der Waals surface area contributed by atoms with Crippen LogP contribution >= 0.6 is 0 Å². The summed E-state index contributed by atoms with van der Waals surface area (Å²) in [5, 5.41) is 10.8. The maximum Gasteiger partial charge on any atom is 0.337 e. The van der Waals surface area contributed by atoms with Crippen molar-refractivity contribution in [2.45, 2.75) is 6.92 Å². The van der Waals surface area contributed by atoms with E-state index in [9.17, 15) is 4.79 Å². The van der Waals surface area contributed by atoms with E-state index in [0.717, 1.165) is 12.5 Å². The van der Waals surface area contributed by atoms with Crippen LogP contribution in [-0.2, 0) is 9.53 Å². The quantitative estimate of drug-likeness (QED) is 0.344. The highest BCUT2D eigenvalue weighted by Crippen LogP contribution is 2.03. The molecule has 17 heavy (non-hydrogen) atoms. The van der Waals surface area contributed by atoms with Gasteiger partial charge in [0.25, 0.3) is 5.97 Å². The first-order valence-corrected chi connectivity index (χ1v) is 4.62. The van der Waals surface area contributed by atoms with Crippen LogP contribution in [0.5, 0.6) is 0 Å². The van der Waals surface area contributed by atoms with Gasteiger partial charge >= 0.3 is 5.97 Å². The molecule has 0 amide bonds. The van der Waals surface area contributed by atoms with Gasteiger partial charge in [-0.2, -0.15) is 5.10 Å². The first kappa shape index (κ1) is 14.6. The van der Waals surface area contributed by atoms with E-state index < -0.39 is 5.97 Å². The van der Waals surface area contributed by atoms with Crippen LogP contribution < -0.4 is 5.84 Å². The number of esters is 1. The van der Waals surface area contributed by atoms with Gasteiger partial charge in [0.2, 0.25) is 0 Å². The number of ether oxygens (including phenoxy) is 1. The number of nitrogens with zero attached hydrogens (tertiary/aromatic N) is 1. The smallest absolute Gasteiger partial charge is 0.337 e. The van der Waals surface area contributed by atoms with Crippen LogP contribution in [0.4, 0.5) is 0 Å². The van der Waals surface area contributed by atoms with Crippen molar-refractivity contribution in [3.8, 4) is 0 Å². The Labute approximate surface area is 98.7 Å². The van der Waals surface area contributed by atoms with E-state index in [1.807, 2.05) is 0 Å². The predicted octanol–water partition coefficient (Wildman–Crippen LogP) is 0.857. The number of carboxylic acid groups (broad SMARTS) is 1. The molecule has 0 unspecified atom stereocenters. The number of aliphatic carboxylic acids is 1. The fourth-order valence-electron chi connectivity index (χ4n) is 0.909. The van der Waals surface area contributed by atoms with Gasteiger partial charge in [0.15, 0.2) is 0 Å². The first-order chi connectivity index (χ1) is 8.01. The number of methoxy groups -OCH3 is 1. The summed E-state index contributed by atoms with van der Waals surface area (Å²) in [6, 6.07) is 6.79. The van der Waals surface area contributed by atoms with Crippen LogP contribution in [0.1, 0.15) is 22.8 Å². The molecule has 1 aromatic rings. The molecule has 1 rings (SSSR count). The summed E-state index contributed by atoms with van der Waals surface area (Å²) in [5.41, 5.74) is 1.35. The monoisotopic (exact) mass is 238 g/mol. The molecule has 3 N–H and O–H groups in total. The molecule has 6 nitrogen and oxygen atoms in total. The highest BCUT2D eigenvalue weighted by molar-refractivity contribution is 5.90. The SMILES string of the molecule is CC(=O)O.COC(=O)c1ccc(/C=N/N)cc1. The van der Waals surface area contributed by atoms with Crippen molar-refractivity contribution in [1.29, 1.82) is 0 Å². The number of hydrazone groups is 1. The van der Waals surface area contributed by atoms with Crippen LogP contribution in [0.3, 0.4) is 0 Å². The molecule has 0 heterocycles. The Morgan fingerprint density at radius 1 is 1.35 bits per heavy atom. The fraction of sp³-hybridized carbons (Fsp3) is 0.182. The predicted molar refractivity (Wildman–Crippen MR) is 62.9 cm³/mol. The van der Waals surface area contributed by atoms with E-state index in [4.69, 9.17) is 15.7 Å². The average molecular weight is 238 g/mol. The zero-order valence-corrected chi connectivity index (χ0v) is 9.58. The molecular weight excluding hydrogens is 224 g/mol. The number of carbonyl (C=O) groups excluding carboxylic acids is 1. The van der Waals surface area contributed by atoms with Gasteiger partial charge in [-0.15, -0.1) is 0 Å². The molecule has 0 spiro atoms. The summed E-state index contributed by atoms with van der Waals surface area (Å²) in [4.78, 5) is 20.0. The van der Waals surface area contributed by atoms with Gasteiger partial charge in [-0.1, -0.05) is 12.1 Å². The topological polar surface area (TPSA) is 102 Å². The highest BCUT2D eigenvalue weighted by Gasteiger charge is 2.02. The summed E-state index contributed by atoms with van der Waals surface area (Å²) in [7, 11) is 1.34. The molecule has 1 aromatic carbocycles. The van der Waals surface area contributed by atoms with Crippen molar-refractivity contribution in [1.82, 2.24) is 0 Å². The van der Waals surface area contributed by atoms with E-state index in [1.165, 1.54) is 13.3 Å². The van der Waals surface area contributed by atoms with Gasteiger partial charge < -0.3 is 15.7 Å². The molecule has 0 atom stereocenters. The molecule has 92 valence electrons. The second kappa shape index (κ2) is 7.86. The molecule has 0 aliphatic carbocycles. The highest BCUT2D eigenvalue weighted by atomic mass is 16.5. The maximum atomic E-state index is 11.0. The summed E-state index contributed by atoms with van der Waals surface area (Å²) < 4.78 is 4.54. The van der Waals surface area contributed by atoms with Crippen molar-refractivity contribution in [2.24, 2.45) is 10.9 Å². The van der Waals surface area contributed by atoms with Gasteiger partial charge in [0.05, 0.1) is 18.9 Å². The third-order valence-electron chi connectivity index (χ3n) is 1.56. The number of hydrogen-bond donors (Lipinski definition) is 2. The van der Waals surface area contributed by atoms with E-state index in [1.54, 1.807) is 24.3 Å². The molecule has 0 aliphatic heterocycles. The molecule has 0 saturated heterocycles. The second-order valence-corrected chi connectivity index (χ2v) is 2.91. The largest absolute Gasteiger partial charge is 0.481 e. The Balaban J connectivity index is 0.000000557. The van der Waals surface area contributed by atoms with Gasteiger partial charge in [0.1, 0.15) is 0 Å². The summed E-state index contributed by atoms with van der Waals surface area (Å²) >= 11 is 0. The first-order valence-electron chi connectivity index (χ1n) is 4.62. The summed E-state index contributed by atoms with van der Waals surface area (Å²) in [6.45, 7) is 1.08. The van der Waals surface area contributed by atoms with E-state index in [0.29, 0.717) is 5.56 Å². The number of nitrogens with two attached hydrogens (primary N) is 1. The summed E-state index contributed by atoms with van der Waals surface area (Å²) in [6.07, 6.45) is 1.50. The van der Waals surface area contributed by atoms with Crippen LogP contribution in [0.25, 0.3) is 0 Å². The van der Waals surface area contributed by atoms with Gasteiger partial charge in [-0.3, -0.25) is 4.79 Å². The summed E-state index contributed by atoms with van der Waals surface area (Å²) in [5.74, 6) is 3.78. The fourth-order valence-corrected chi connectivity index (χ4v) is 0.909. The normalized spacial score (nSPS) is 9.29. The van der Waals surface area contributed by atoms with Crippen LogP contribution in [-0.4, -0.2) is 30.4 Å². The number of carboxylic acids is 1. The van der Waals surface area contributed by atoms with Crippen molar-refractivity contribution in [2.75, 3.05) is 7.11 Å². The molecule has 0 aliphatic rings. The Hall–Kier alpha value is -2.37. The minimum absolute atomic E-state index is 0.351.